The molecule has 0 unspecified atom stereocenters. The Balaban J connectivity index is 1.51. The molecule has 1 aliphatic rings. The molecule has 1 amide bonds. The standard InChI is InChI=1S/C24H25FN10O/c1-32-7-8-34(18(11-25)14-32)22-10-20(24(36)27-13-17-5-3-16(12-26)4-6-17)30-21-9-19(31-35(21)22)23-28-15-29-33(23)2/h3-6,9-10,15,18H,7-8,11,13-14H2,1-2H3,(H,27,36)/t18-/m1/s1. The first-order valence-electron chi connectivity index (χ1n) is 11.5. The third-order valence-corrected chi connectivity index (χ3v) is 6.28. The van der Waals surface area contributed by atoms with Crippen molar-refractivity contribution in [2.75, 3.05) is 38.3 Å². The van der Waals surface area contributed by atoms with E-state index >= 15 is 0 Å². The van der Waals surface area contributed by atoms with E-state index in [1.807, 2.05) is 11.9 Å². The van der Waals surface area contributed by atoms with Gasteiger partial charge in [-0.2, -0.15) is 20.0 Å². The van der Waals surface area contributed by atoms with Crippen LogP contribution in [0, 0.1) is 11.3 Å². The van der Waals surface area contributed by atoms with E-state index in [1.54, 1.807) is 52.6 Å². The summed E-state index contributed by atoms with van der Waals surface area (Å²) in [6.45, 7) is 1.62. The Morgan fingerprint density at radius 3 is 2.72 bits per heavy atom. The van der Waals surface area contributed by atoms with Crippen molar-refractivity contribution in [2.45, 2.75) is 12.6 Å². The maximum Gasteiger partial charge on any atom is 0.270 e. The van der Waals surface area contributed by atoms with Crippen LogP contribution in [0.25, 0.3) is 17.2 Å². The van der Waals surface area contributed by atoms with Gasteiger partial charge in [0.25, 0.3) is 5.91 Å². The summed E-state index contributed by atoms with van der Waals surface area (Å²) >= 11 is 0. The SMILES string of the molecule is CN1CCN(c2cc(C(=O)NCc3ccc(C#N)cc3)nc3cc(-c4ncnn4C)nn23)[C@H](CF)C1. The number of likely N-dealkylation sites (N-methyl/N-ethyl adjacent to an activating group) is 1. The number of nitrogens with zero attached hydrogens (tertiary/aromatic N) is 9. The van der Waals surface area contributed by atoms with Crippen LogP contribution in [0.2, 0.25) is 0 Å². The number of halogens is 1. The van der Waals surface area contributed by atoms with Gasteiger partial charge < -0.3 is 15.1 Å². The zero-order valence-electron chi connectivity index (χ0n) is 20.0. The fourth-order valence-electron chi connectivity index (χ4n) is 4.33. The highest BCUT2D eigenvalue weighted by Crippen LogP contribution is 2.25. The molecule has 11 nitrogen and oxygen atoms in total. The van der Waals surface area contributed by atoms with Gasteiger partial charge in [0.05, 0.1) is 17.7 Å². The number of anilines is 1. The Hall–Kier alpha value is -4.37. The molecule has 12 heteroatoms. The topological polar surface area (TPSA) is 120 Å². The number of alkyl halides is 1. The van der Waals surface area contributed by atoms with Crippen LogP contribution in [-0.2, 0) is 13.6 Å². The number of hydrogen-bond donors (Lipinski definition) is 1. The minimum atomic E-state index is -0.536. The van der Waals surface area contributed by atoms with Crippen molar-refractivity contribution in [3.63, 3.8) is 0 Å². The van der Waals surface area contributed by atoms with Crippen molar-refractivity contribution in [2.24, 2.45) is 7.05 Å². The third kappa shape index (κ3) is 4.48. The first-order chi connectivity index (χ1) is 17.5. The number of benzene rings is 1. The highest BCUT2D eigenvalue weighted by molar-refractivity contribution is 5.93. The van der Waals surface area contributed by atoms with Crippen LogP contribution in [0.4, 0.5) is 10.2 Å². The Bertz CT molecular complexity index is 1440. The third-order valence-electron chi connectivity index (χ3n) is 6.28. The van der Waals surface area contributed by atoms with E-state index in [2.05, 4.69) is 36.5 Å². The summed E-state index contributed by atoms with van der Waals surface area (Å²) in [5.74, 6) is 0.779. The smallest absolute Gasteiger partial charge is 0.270 e. The quantitative estimate of drug-likeness (QED) is 0.433. The van der Waals surface area contributed by atoms with Crippen LogP contribution in [0.3, 0.4) is 0 Å². The fourth-order valence-corrected chi connectivity index (χ4v) is 4.33. The predicted octanol–water partition coefficient (Wildman–Crippen LogP) is 1.42. The van der Waals surface area contributed by atoms with Crippen molar-refractivity contribution >= 4 is 17.4 Å². The van der Waals surface area contributed by atoms with Crippen molar-refractivity contribution in [3.8, 4) is 17.6 Å². The van der Waals surface area contributed by atoms with Crippen LogP contribution in [0.15, 0.2) is 42.7 Å². The van der Waals surface area contributed by atoms with E-state index in [4.69, 9.17) is 5.26 Å². The molecule has 36 heavy (non-hydrogen) atoms. The largest absolute Gasteiger partial charge is 0.348 e. The summed E-state index contributed by atoms with van der Waals surface area (Å²) in [5.41, 5.74) is 2.60. The molecule has 1 atom stereocenters. The molecule has 0 bridgehead atoms. The molecule has 1 fully saturated rings. The Morgan fingerprint density at radius 1 is 1.22 bits per heavy atom. The Kier molecular flexibility index (Phi) is 6.30. The number of carbonyl (C=O) groups is 1. The second-order valence-electron chi connectivity index (χ2n) is 8.76. The van der Waals surface area contributed by atoms with Gasteiger partial charge in [0.1, 0.15) is 30.2 Å². The molecule has 1 saturated heterocycles. The number of nitriles is 1. The first-order valence-corrected chi connectivity index (χ1v) is 11.5. The molecule has 0 saturated carbocycles. The van der Waals surface area contributed by atoms with Gasteiger partial charge in [0, 0.05) is 45.4 Å². The molecule has 184 valence electrons. The van der Waals surface area contributed by atoms with Gasteiger partial charge in [-0.25, -0.2) is 19.0 Å². The summed E-state index contributed by atoms with van der Waals surface area (Å²) in [5, 5.41) is 20.6. The van der Waals surface area contributed by atoms with Gasteiger partial charge >= 0.3 is 0 Å². The number of amides is 1. The average molecular weight is 489 g/mol. The van der Waals surface area contributed by atoms with Gasteiger partial charge in [-0.3, -0.25) is 4.79 Å². The van der Waals surface area contributed by atoms with Crippen molar-refractivity contribution < 1.29 is 9.18 Å². The molecule has 4 heterocycles. The zero-order valence-corrected chi connectivity index (χ0v) is 20.0. The van der Waals surface area contributed by atoms with Gasteiger partial charge in [-0.15, -0.1) is 0 Å². The van der Waals surface area contributed by atoms with Gasteiger partial charge in [-0.05, 0) is 24.7 Å². The summed E-state index contributed by atoms with van der Waals surface area (Å²) < 4.78 is 17.3. The maximum absolute atomic E-state index is 14.1. The minimum absolute atomic E-state index is 0.201. The monoisotopic (exact) mass is 488 g/mol. The number of aromatic nitrogens is 6. The number of rotatable bonds is 6. The molecule has 4 aromatic rings. The number of fused-ring (bicyclic) bond motifs is 1. The van der Waals surface area contributed by atoms with Crippen LogP contribution < -0.4 is 10.2 Å². The molecule has 0 aliphatic carbocycles. The van der Waals surface area contributed by atoms with E-state index in [0.29, 0.717) is 41.6 Å². The number of hydrogen-bond acceptors (Lipinski definition) is 8. The number of nitrogens with one attached hydrogen (secondary N) is 1. The summed E-state index contributed by atoms with van der Waals surface area (Å²) in [7, 11) is 3.73. The summed E-state index contributed by atoms with van der Waals surface area (Å²) in [4.78, 5) is 26.0. The van der Waals surface area contributed by atoms with E-state index in [0.717, 1.165) is 12.1 Å². The van der Waals surface area contributed by atoms with E-state index in [-0.39, 0.29) is 24.2 Å². The van der Waals surface area contributed by atoms with Gasteiger partial charge in [0.2, 0.25) is 0 Å². The maximum atomic E-state index is 14.1. The molecule has 3 aromatic heterocycles. The predicted molar refractivity (Wildman–Crippen MR) is 130 cm³/mol. The molecule has 0 spiro atoms. The summed E-state index contributed by atoms with van der Waals surface area (Å²) in [6, 6.07) is 12.1. The minimum Gasteiger partial charge on any atom is -0.348 e. The van der Waals surface area contributed by atoms with Crippen LogP contribution in [-0.4, -0.2) is 79.6 Å². The Morgan fingerprint density at radius 2 is 2.03 bits per heavy atom. The molecule has 1 aliphatic heterocycles. The second kappa shape index (κ2) is 9.71. The highest BCUT2D eigenvalue weighted by Gasteiger charge is 2.29. The molecule has 5 rings (SSSR count). The van der Waals surface area contributed by atoms with Gasteiger partial charge in [-0.1, -0.05) is 12.1 Å². The second-order valence-corrected chi connectivity index (χ2v) is 8.76. The number of carbonyl (C=O) groups excluding carboxylic acids is 1. The lowest BCUT2D eigenvalue weighted by Gasteiger charge is -2.40. The normalized spacial score (nSPS) is 16.3. The molecular weight excluding hydrogens is 463 g/mol. The molecule has 1 N–H and O–H groups in total. The highest BCUT2D eigenvalue weighted by atomic mass is 19.1. The van der Waals surface area contributed by atoms with Crippen LogP contribution in [0.5, 0.6) is 0 Å². The van der Waals surface area contributed by atoms with E-state index < -0.39 is 6.67 Å². The average Bonchev–Trinajstić information content (AvgIpc) is 3.52. The lowest BCUT2D eigenvalue weighted by atomic mass is 10.1. The molecule has 0 radical (unpaired) electrons. The van der Waals surface area contributed by atoms with Crippen molar-refractivity contribution in [1.82, 2.24) is 39.6 Å². The van der Waals surface area contributed by atoms with E-state index in [1.165, 1.54) is 6.33 Å². The van der Waals surface area contributed by atoms with Crippen LogP contribution >= 0.6 is 0 Å². The van der Waals surface area contributed by atoms with Crippen molar-refractivity contribution in [1.29, 1.82) is 5.26 Å². The number of piperazine rings is 1. The van der Waals surface area contributed by atoms with E-state index in [9.17, 15) is 9.18 Å². The van der Waals surface area contributed by atoms with Crippen molar-refractivity contribution in [3.05, 3.63) is 59.5 Å². The van der Waals surface area contributed by atoms with Crippen LogP contribution in [0.1, 0.15) is 21.6 Å². The molecule has 1 aromatic carbocycles. The summed E-state index contributed by atoms with van der Waals surface area (Å²) in [6.07, 6.45) is 1.44. The number of aryl methyl sites for hydroxylation is 1. The zero-order chi connectivity index (χ0) is 25.2. The van der Waals surface area contributed by atoms with Gasteiger partial charge in [0.15, 0.2) is 11.5 Å². The fraction of sp³-hybridized carbons (Fsp3) is 0.333. The Labute approximate surface area is 206 Å². The molecular formula is C24H25FN10O. The lowest BCUT2D eigenvalue weighted by Crippen LogP contribution is -2.53. The first kappa shape index (κ1) is 23.4. The lowest BCUT2D eigenvalue weighted by molar-refractivity contribution is 0.0946.